The molecule has 15 heavy (non-hydrogen) atoms. The Bertz CT molecular complexity index is 436. The lowest BCUT2D eigenvalue weighted by molar-refractivity contribution is 0.104. The van der Waals surface area contributed by atoms with Gasteiger partial charge in [0.25, 0.3) is 0 Å². The van der Waals surface area contributed by atoms with Crippen LogP contribution in [0.2, 0.25) is 0 Å². The summed E-state index contributed by atoms with van der Waals surface area (Å²) in [5.41, 5.74) is 5.48. The molecule has 0 unspecified atom stereocenters. The molecule has 80 valence electrons. The summed E-state index contributed by atoms with van der Waals surface area (Å²) >= 11 is 2.94. The van der Waals surface area contributed by atoms with E-state index in [0.717, 1.165) is 14.6 Å². The lowest BCUT2D eigenvalue weighted by Crippen LogP contribution is -1.94. The van der Waals surface area contributed by atoms with Crippen LogP contribution in [-0.2, 0) is 6.54 Å². The molecule has 2 N–H and O–H groups in total. The predicted octanol–water partition coefficient (Wildman–Crippen LogP) is 3.08. The Balaban J connectivity index is 0.00000112. The molecule has 2 aromatic heterocycles. The molecule has 0 saturated heterocycles. The first kappa shape index (κ1) is 12.6. The van der Waals surface area contributed by atoms with E-state index in [4.69, 9.17) is 5.73 Å². The second-order valence-corrected chi connectivity index (χ2v) is 4.89. The van der Waals surface area contributed by atoms with E-state index in [2.05, 4.69) is 0 Å². The third-order valence-corrected chi connectivity index (χ3v) is 3.81. The van der Waals surface area contributed by atoms with Crippen LogP contribution in [0.5, 0.6) is 0 Å². The minimum Gasteiger partial charge on any atom is -0.326 e. The zero-order valence-corrected chi connectivity index (χ0v) is 11.2. The minimum atomic E-state index is 0. The van der Waals surface area contributed by atoms with E-state index in [1.165, 1.54) is 22.7 Å². The molecule has 0 bridgehead atoms. The highest BCUT2D eigenvalue weighted by molar-refractivity contribution is 8.93. The van der Waals surface area contributed by atoms with Crippen LogP contribution >= 0.6 is 39.7 Å². The molecule has 0 aromatic carbocycles. The molecule has 2 rings (SSSR count). The molecule has 5 heteroatoms. The Morgan fingerprint density at radius 3 is 2.60 bits per heavy atom. The number of hydrogen-bond donors (Lipinski definition) is 1. The first-order chi connectivity index (χ1) is 6.81. The smallest absolute Gasteiger partial charge is 0.212 e. The minimum absolute atomic E-state index is 0. The third kappa shape index (κ3) is 2.75. The van der Waals surface area contributed by atoms with Gasteiger partial charge in [0.2, 0.25) is 5.78 Å². The van der Waals surface area contributed by atoms with Gasteiger partial charge in [-0.1, -0.05) is 6.07 Å². The maximum atomic E-state index is 11.8. The number of hydrogen-bond acceptors (Lipinski definition) is 4. The third-order valence-electron chi connectivity index (χ3n) is 1.83. The molecular formula is C10H10BrNOS2. The van der Waals surface area contributed by atoms with Crippen LogP contribution in [0.4, 0.5) is 0 Å². The number of ketones is 1. The summed E-state index contributed by atoms with van der Waals surface area (Å²) in [5.74, 6) is 0.102. The van der Waals surface area contributed by atoms with Crippen LogP contribution in [-0.4, -0.2) is 5.78 Å². The summed E-state index contributed by atoms with van der Waals surface area (Å²) in [5, 5.41) is 1.91. The van der Waals surface area contributed by atoms with Crippen molar-refractivity contribution in [3.05, 3.63) is 44.3 Å². The van der Waals surface area contributed by atoms with Gasteiger partial charge in [0.05, 0.1) is 9.75 Å². The highest BCUT2D eigenvalue weighted by Crippen LogP contribution is 2.21. The van der Waals surface area contributed by atoms with Crippen molar-refractivity contribution in [2.75, 3.05) is 0 Å². The normalized spacial score (nSPS) is 9.67. The summed E-state index contributed by atoms with van der Waals surface area (Å²) in [4.78, 5) is 14.4. The molecule has 0 aliphatic heterocycles. The van der Waals surface area contributed by atoms with Gasteiger partial charge in [-0.25, -0.2) is 0 Å². The molecular weight excluding hydrogens is 294 g/mol. The van der Waals surface area contributed by atoms with Gasteiger partial charge in [-0.2, -0.15) is 0 Å². The van der Waals surface area contributed by atoms with Gasteiger partial charge in [0, 0.05) is 11.4 Å². The van der Waals surface area contributed by atoms with E-state index in [0.29, 0.717) is 6.54 Å². The second kappa shape index (κ2) is 5.55. The summed E-state index contributed by atoms with van der Waals surface area (Å²) < 4.78 is 0. The zero-order valence-electron chi connectivity index (χ0n) is 7.80. The van der Waals surface area contributed by atoms with Crippen LogP contribution in [0.3, 0.4) is 0 Å². The Labute approximate surface area is 107 Å². The topological polar surface area (TPSA) is 43.1 Å². The molecule has 0 aliphatic rings. The predicted molar refractivity (Wildman–Crippen MR) is 70.3 cm³/mol. The highest BCUT2D eigenvalue weighted by Gasteiger charge is 2.11. The summed E-state index contributed by atoms with van der Waals surface area (Å²) in [6.07, 6.45) is 0. The van der Waals surface area contributed by atoms with Gasteiger partial charge in [-0.05, 0) is 23.6 Å². The van der Waals surface area contributed by atoms with Gasteiger partial charge in [-0.3, -0.25) is 4.79 Å². The van der Waals surface area contributed by atoms with Crippen LogP contribution < -0.4 is 5.73 Å². The molecule has 0 aliphatic carbocycles. The first-order valence-electron chi connectivity index (χ1n) is 4.18. The molecule has 0 atom stereocenters. The van der Waals surface area contributed by atoms with Gasteiger partial charge in [-0.15, -0.1) is 39.7 Å². The number of halogens is 1. The number of carbonyl (C=O) groups is 1. The largest absolute Gasteiger partial charge is 0.326 e. The number of thiophene rings is 2. The van der Waals surface area contributed by atoms with E-state index in [1.54, 1.807) is 0 Å². The van der Waals surface area contributed by atoms with Crippen molar-refractivity contribution >= 4 is 45.4 Å². The van der Waals surface area contributed by atoms with Gasteiger partial charge in [0.15, 0.2) is 0 Å². The molecule has 0 saturated carbocycles. The Kier molecular flexibility index (Phi) is 4.66. The fraction of sp³-hybridized carbons (Fsp3) is 0.100. The summed E-state index contributed by atoms with van der Waals surface area (Å²) in [7, 11) is 0. The molecule has 0 radical (unpaired) electrons. The maximum Gasteiger partial charge on any atom is 0.212 e. The van der Waals surface area contributed by atoms with Crippen LogP contribution in [0, 0.1) is 0 Å². The Morgan fingerprint density at radius 1 is 1.27 bits per heavy atom. The summed E-state index contributed by atoms with van der Waals surface area (Å²) in [6.45, 7) is 0.502. The molecule has 2 nitrogen and oxygen atoms in total. The molecule has 0 fully saturated rings. The zero-order chi connectivity index (χ0) is 9.97. The SMILES string of the molecule is Br.NCc1ccc(C(=O)c2cccs2)s1. The first-order valence-corrected chi connectivity index (χ1v) is 5.88. The molecule has 0 amide bonds. The number of nitrogens with two attached hydrogens (primary N) is 1. The fourth-order valence-corrected chi connectivity index (χ4v) is 2.72. The van der Waals surface area contributed by atoms with E-state index in [9.17, 15) is 4.79 Å². The van der Waals surface area contributed by atoms with Gasteiger partial charge in [0.1, 0.15) is 0 Å². The molecule has 2 heterocycles. The van der Waals surface area contributed by atoms with Crippen molar-refractivity contribution in [3.63, 3.8) is 0 Å². The lowest BCUT2D eigenvalue weighted by Gasteiger charge is -1.91. The molecule has 2 aromatic rings. The van der Waals surface area contributed by atoms with Crippen molar-refractivity contribution in [1.29, 1.82) is 0 Å². The van der Waals surface area contributed by atoms with Crippen LogP contribution in [0.1, 0.15) is 19.4 Å². The van der Waals surface area contributed by atoms with Crippen LogP contribution in [0.15, 0.2) is 29.6 Å². The highest BCUT2D eigenvalue weighted by atomic mass is 79.9. The quantitative estimate of drug-likeness (QED) is 0.886. The second-order valence-electron chi connectivity index (χ2n) is 2.78. The van der Waals surface area contributed by atoms with Crippen molar-refractivity contribution in [3.8, 4) is 0 Å². The average molecular weight is 304 g/mol. The Hall–Kier alpha value is -0.490. The van der Waals surface area contributed by atoms with Gasteiger partial charge < -0.3 is 5.73 Å². The number of rotatable bonds is 3. The lowest BCUT2D eigenvalue weighted by atomic mass is 10.3. The van der Waals surface area contributed by atoms with Crippen molar-refractivity contribution in [1.82, 2.24) is 0 Å². The monoisotopic (exact) mass is 303 g/mol. The standard InChI is InChI=1S/C10H9NOS2.BrH/c11-6-7-3-4-9(14-7)10(12)8-2-1-5-13-8;/h1-5H,6,11H2;1H. The van der Waals surface area contributed by atoms with E-state index in [-0.39, 0.29) is 22.8 Å². The van der Waals surface area contributed by atoms with E-state index in [1.807, 2.05) is 29.6 Å². The van der Waals surface area contributed by atoms with Crippen molar-refractivity contribution in [2.45, 2.75) is 6.54 Å². The van der Waals surface area contributed by atoms with E-state index < -0.39 is 0 Å². The average Bonchev–Trinajstić information content (AvgIpc) is 2.88. The van der Waals surface area contributed by atoms with Gasteiger partial charge >= 0.3 is 0 Å². The van der Waals surface area contributed by atoms with Crippen molar-refractivity contribution in [2.24, 2.45) is 5.73 Å². The number of carbonyl (C=O) groups excluding carboxylic acids is 1. The van der Waals surface area contributed by atoms with E-state index >= 15 is 0 Å². The molecule has 0 spiro atoms. The van der Waals surface area contributed by atoms with Crippen molar-refractivity contribution < 1.29 is 4.79 Å². The maximum absolute atomic E-state index is 11.8. The summed E-state index contributed by atoms with van der Waals surface area (Å²) in [6, 6.07) is 7.48. The Morgan fingerprint density at radius 2 is 2.07 bits per heavy atom. The van der Waals surface area contributed by atoms with Crippen LogP contribution in [0.25, 0.3) is 0 Å². The fourth-order valence-electron chi connectivity index (χ4n) is 1.14.